The number of anilines is 1. The van der Waals surface area contributed by atoms with E-state index in [1.807, 2.05) is 0 Å². The molecule has 1 fully saturated rings. The Balaban J connectivity index is 1.41. The average molecular weight is 429 g/mol. The van der Waals surface area contributed by atoms with Crippen molar-refractivity contribution in [3.63, 3.8) is 0 Å². The van der Waals surface area contributed by atoms with Gasteiger partial charge in [0.15, 0.2) is 11.5 Å². The third-order valence-corrected chi connectivity index (χ3v) is 5.50. The first-order valence-corrected chi connectivity index (χ1v) is 10.3. The largest absolute Gasteiger partial charge is 0.493 e. The highest BCUT2D eigenvalue weighted by Gasteiger charge is 2.23. The third-order valence-electron chi connectivity index (χ3n) is 5.50. The van der Waals surface area contributed by atoms with Gasteiger partial charge in [-0.1, -0.05) is 12.1 Å². The van der Waals surface area contributed by atoms with Crippen LogP contribution in [0.25, 0.3) is 0 Å². The molecule has 0 aromatic heterocycles. The lowest BCUT2D eigenvalue weighted by Gasteiger charge is -2.32. The fraction of sp³-hybridized carbons (Fsp3) is 0.391. The number of nitrogens with one attached hydrogen (secondary N) is 2. The molecule has 1 heterocycles. The SMILES string of the molecule is COc1ccc(C(=O)NCCC2CCN(C(=O)Nc3ccccc3F)CC2)cc1OC. The lowest BCUT2D eigenvalue weighted by Crippen LogP contribution is -2.41. The minimum atomic E-state index is -0.448. The average Bonchev–Trinajstić information content (AvgIpc) is 2.80. The van der Waals surface area contributed by atoms with Crippen molar-refractivity contribution < 1.29 is 23.5 Å². The molecule has 1 aliphatic heterocycles. The second-order valence-electron chi connectivity index (χ2n) is 7.45. The predicted octanol–water partition coefficient (Wildman–Crippen LogP) is 3.91. The number of hydrogen-bond donors (Lipinski definition) is 2. The fourth-order valence-electron chi connectivity index (χ4n) is 3.65. The number of nitrogens with zero attached hydrogens (tertiary/aromatic N) is 1. The molecule has 0 saturated carbocycles. The number of amides is 3. The molecule has 2 aromatic rings. The highest BCUT2D eigenvalue weighted by Crippen LogP contribution is 2.27. The summed E-state index contributed by atoms with van der Waals surface area (Å²) in [4.78, 5) is 26.5. The second-order valence-corrected chi connectivity index (χ2v) is 7.45. The quantitative estimate of drug-likeness (QED) is 0.700. The molecule has 8 heteroatoms. The first-order chi connectivity index (χ1) is 15.0. The van der Waals surface area contributed by atoms with E-state index in [1.165, 1.54) is 13.2 Å². The van der Waals surface area contributed by atoms with Crippen LogP contribution in [0.15, 0.2) is 42.5 Å². The number of para-hydroxylation sites is 1. The molecule has 1 saturated heterocycles. The third kappa shape index (κ3) is 5.87. The molecule has 0 aliphatic carbocycles. The molecule has 3 amide bonds. The Morgan fingerprint density at radius 3 is 2.45 bits per heavy atom. The van der Waals surface area contributed by atoms with Crippen LogP contribution in [0.1, 0.15) is 29.6 Å². The summed E-state index contributed by atoms with van der Waals surface area (Å²) in [6.07, 6.45) is 2.52. The molecule has 0 bridgehead atoms. The smallest absolute Gasteiger partial charge is 0.321 e. The predicted molar refractivity (Wildman–Crippen MR) is 116 cm³/mol. The van der Waals surface area contributed by atoms with Gasteiger partial charge < -0.3 is 25.0 Å². The Morgan fingerprint density at radius 2 is 1.77 bits per heavy atom. The lowest BCUT2D eigenvalue weighted by atomic mass is 9.93. The number of hydrogen-bond acceptors (Lipinski definition) is 4. The molecule has 2 N–H and O–H groups in total. The number of urea groups is 1. The molecule has 1 aliphatic rings. The minimum Gasteiger partial charge on any atom is -0.493 e. The summed E-state index contributed by atoms with van der Waals surface area (Å²) in [5.41, 5.74) is 0.699. The van der Waals surface area contributed by atoms with Crippen molar-refractivity contribution in [1.82, 2.24) is 10.2 Å². The summed E-state index contributed by atoms with van der Waals surface area (Å²) in [5, 5.41) is 5.56. The van der Waals surface area contributed by atoms with Gasteiger partial charge in [-0.3, -0.25) is 4.79 Å². The van der Waals surface area contributed by atoms with E-state index in [-0.39, 0.29) is 17.6 Å². The Labute approximate surface area is 181 Å². The van der Waals surface area contributed by atoms with E-state index in [0.29, 0.717) is 42.6 Å². The van der Waals surface area contributed by atoms with E-state index in [2.05, 4.69) is 10.6 Å². The number of carbonyl (C=O) groups is 2. The number of benzene rings is 2. The summed E-state index contributed by atoms with van der Waals surface area (Å²) in [6, 6.07) is 10.9. The van der Waals surface area contributed by atoms with Gasteiger partial charge in [-0.15, -0.1) is 0 Å². The monoisotopic (exact) mass is 429 g/mol. The molecule has 31 heavy (non-hydrogen) atoms. The minimum absolute atomic E-state index is 0.164. The summed E-state index contributed by atoms with van der Waals surface area (Å²) in [7, 11) is 3.08. The van der Waals surface area contributed by atoms with Crippen molar-refractivity contribution in [3.8, 4) is 11.5 Å². The van der Waals surface area contributed by atoms with Crippen LogP contribution in [-0.4, -0.2) is 50.7 Å². The normalized spacial score (nSPS) is 14.1. The van der Waals surface area contributed by atoms with Crippen molar-refractivity contribution in [2.24, 2.45) is 5.92 Å². The van der Waals surface area contributed by atoms with Gasteiger partial charge in [-0.05, 0) is 55.5 Å². The number of halogens is 1. The molecule has 0 atom stereocenters. The second kappa shape index (κ2) is 10.7. The van der Waals surface area contributed by atoms with Gasteiger partial charge in [-0.2, -0.15) is 0 Å². The van der Waals surface area contributed by atoms with E-state index in [9.17, 15) is 14.0 Å². The number of carbonyl (C=O) groups excluding carboxylic acids is 2. The Bertz CT molecular complexity index is 913. The molecule has 0 radical (unpaired) electrons. The fourth-order valence-corrected chi connectivity index (χ4v) is 3.65. The molecule has 166 valence electrons. The number of methoxy groups -OCH3 is 2. The van der Waals surface area contributed by atoms with Gasteiger partial charge in [0.25, 0.3) is 5.91 Å². The van der Waals surface area contributed by atoms with Gasteiger partial charge in [0.1, 0.15) is 5.82 Å². The topological polar surface area (TPSA) is 79.9 Å². The van der Waals surface area contributed by atoms with Crippen LogP contribution in [0, 0.1) is 11.7 Å². The van der Waals surface area contributed by atoms with Crippen molar-refractivity contribution in [3.05, 3.63) is 53.8 Å². The van der Waals surface area contributed by atoms with E-state index in [4.69, 9.17) is 9.47 Å². The lowest BCUT2D eigenvalue weighted by molar-refractivity contribution is 0.0949. The molecule has 2 aromatic carbocycles. The zero-order chi connectivity index (χ0) is 22.2. The standard InChI is InChI=1S/C23H28FN3O4/c1-30-20-8-7-17(15-21(20)31-2)22(28)25-12-9-16-10-13-27(14-11-16)23(29)26-19-6-4-3-5-18(19)24/h3-8,15-16H,9-14H2,1-2H3,(H,25,28)(H,26,29). The van der Waals surface area contributed by atoms with Gasteiger partial charge >= 0.3 is 6.03 Å². The summed E-state index contributed by atoms with van der Waals surface area (Å²) in [6.45, 7) is 1.77. The van der Waals surface area contributed by atoms with Crippen molar-refractivity contribution in [2.75, 3.05) is 39.2 Å². The number of ether oxygens (including phenoxy) is 2. The molecule has 0 spiro atoms. The van der Waals surface area contributed by atoms with Gasteiger partial charge in [0.2, 0.25) is 0 Å². The first kappa shape index (κ1) is 22.4. The highest BCUT2D eigenvalue weighted by atomic mass is 19.1. The highest BCUT2D eigenvalue weighted by molar-refractivity contribution is 5.94. The molecular weight excluding hydrogens is 401 g/mol. The molecule has 3 rings (SSSR count). The van der Waals surface area contributed by atoms with E-state index in [0.717, 1.165) is 19.3 Å². The van der Waals surface area contributed by atoms with E-state index in [1.54, 1.807) is 48.4 Å². The molecule has 0 unspecified atom stereocenters. The Hall–Kier alpha value is -3.29. The maximum absolute atomic E-state index is 13.7. The maximum Gasteiger partial charge on any atom is 0.321 e. The summed E-state index contributed by atoms with van der Waals surface area (Å²) in [5.74, 6) is 0.892. The van der Waals surface area contributed by atoms with E-state index < -0.39 is 5.82 Å². The summed E-state index contributed by atoms with van der Waals surface area (Å²) >= 11 is 0. The van der Waals surface area contributed by atoms with Gasteiger partial charge in [0, 0.05) is 25.2 Å². The van der Waals surface area contributed by atoms with Crippen LogP contribution in [0.4, 0.5) is 14.9 Å². The van der Waals surface area contributed by atoms with Crippen LogP contribution < -0.4 is 20.1 Å². The zero-order valence-electron chi connectivity index (χ0n) is 17.8. The Kier molecular flexibility index (Phi) is 7.70. The van der Waals surface area contributed by atoms with Gasteiger partial charge in [0.05, 0.1) is 19.9 Å². The van der Waals surface area contributed by atoms with Crippen molar-refractivity contribution in [1.29, 1.82) is 0 Å². The van der Waals surface area contributed by atoms with E-state index >= 15 is 0 Å². The van der Waals surface area contributed by atoms with Crippen LogP contribution in [-0.2, 0) is 0 Å². The van der Waals surface area contributed by atoms with Crippen molar-refractivity contribution in [2.45, 2.75) is 19.3 Å². The summed E-state index contributed by atoms with van der Waals surface area (Å²) < 4.78 is 24.1. The van der Waals surface area contributed by atoms with Crippen LogP contribution in [0.3, 0.4) is 0 Å². The number of rotatable bonds is 7. The molecular formula is C23H28FN3O4. The zero-order valence-corrected chi connectivity index (χ0v) is 17.8. The van der Waals surface area contributed by atoms with Gasteiger partial charge in [-0.25, -0.2) is 9.18 Å². The van der Waals surface area contributed by atoms with Crippen LogP contribution in [0.5, 0.6) is 11.5 Å². The Morgan fingerprint density at radius 1 is 1.06 bits per heavy atom. The first-order valence-electron chi connectivity index (χ1n) is 10.3. The number of piperidine rings is 1. The van der Waals surface area contributed by atoms with Crippen LogP contribution >= 0.6 is 0 Å². The molecule has 7 nitrogen and oxygen atoms in total. The number of likely N-dealkylation sites (tertiary alicyclic amines) is 1. The van der Waals surface area contributed by atoms with Crippen molar-refractivity contribution >= 4 is 17.6 Å². The van der Waals surface area contributed by atoms with Crippen LogP contribution in [0.2, 0.25) is 0 Å². The maximum atomic E-state index is 13.7.